The number of nitrogens with two attached hydrogens (primary N) is 1. The van der Waals surface area contributed by atoms with Crippen LogP contribution in [0, 0.1) is 0 Å². The highest BCUT2D eigenvalue weighted by molar-refractivity contribution is 5.85. The number of benzene rings is 1. The van der Waals surface area contributed by atoms with Gasteiger partial charge in [0, 0.05) is 12.0 Å². The highest BCUT2D eigenvalue weighted by Crippen LogP contribution is 2.36. The molecule has 0 saturated heterocycles. The molecule has 1 amide bonds. The summed E-state index contributed by atoms with van der Waals surface area (Å²) in [5.41, 5.74) is 5.76. The predicted octanol–water partition coefficient (Wildman–Crippen LogP) is 1.55. The Morgan fingerprint density at radius 3 is 2.55 bits per heavy atom. The fourth-order valence-electron chi connectivity index (χ4n) is 1.95. The van der Waals surface area contributed by atoms with Crippen LogP contribution >= 0.6 is 0 Å². The first kappa shape index (κ1) is 14.7. The third-order valence-electron chi connectivity index (χ3n) is 3.43. The summed E-state index contributed by atoms with van der Waals surface area (Å²) in [6, 6.07) is 5.85. The molecule has 110 valence electrons. The zero-order valence-corrected chi connectivity index (χ0v) is 12.4. The van der Waals surface area contributed by atoms with Crippen molar-refractivity contribution in [2.75, 3.05) is 13.3 Å². The van der Waals surface area contributed by atoms with E-state index in [9.17, 15) is 4.79 Å². The SMILES string of the molecule is CC(C)(N)C(=O)NCC(C)(C)c1ccc2c(c1)OCO2. The van der Waals surface area contributed by atoms with E-state index in [1.807, 2.05) is 18.2 Å². The summed E-state index contributed by atoms with van der Waals surface area (Å²) >= 11 is 0. The molecule has 0 aromatic heterocycles. The van der Waals surface area contributed by atoms with Crippen LogP contribution in [0.1, 0.15) is 33.3 Å². The first-order valence-corrected chi connectivity index (χ1v) is 6.67. The van der Waals surface area contributed by atoms with Crippen molar-refractivity contribution in [3.05, 3.63) is 23.8 Å². The Bertz CT molecular complexity index is 518. The van der Waals surface area contributed by atoms with Gasteiger partial charge in [-0.1, -0.05) is 19.9 Å². The van der Waals surface area contributed by atoms with Crippen LogP contribution in [-0.2, 0) is 10.2 Å². The molecule has 1 aliphatic rings. The number of nitrogens with one attached hydrogen (secondary N) is 1. The molecule has 5 heteroatoms. The maximum absolute atomic E-state index is 11.8. The molecule has 5 nitrogen and oxygen atoms in total. The van der Waals surface area contributed by atoms with Crippen LogP contribution < -0.4 is 20.5 Å². The first-order valence-electron chi connectivity index (χ1n) is 6.67. The summed E-state index contributed by atoms with van der Waals surface area (Å²) in [5.74, 6) is 1.35. The van der Waals surface area contributed by atoms with Crippen LogP contribution in [0.15, 0.2) is 18.2 Å². The van der Waals surface area contributed by atoms with E-state index in [1.165, 1.54) is 0 Å². The van der Waals surface area contributed by atoms with Gasteiger partial charge < -0.3 is 20.5 Å². The van der Waals surface area contributed by atoms with Gasteiger partial charge in [0.05, 0.1) is 5.54 Å². The number of hydrogen-bond acceptors (Lipinski definition) is 4. The Kier molecular flexibility index (Phi) is 3.65. The summed E-state index contributed by atoms with van der Waals surface area (Å²) in [4.78, 5) is 11.8. The fraction of sp³-hybridized carbons (Fsp3) is 0.533. The number of hydrogen-bond donors (Lipinski definition) is 2. The van der Waals surface area contributed by atoms with Crippen LogP contribution in [0.5, 0.6) is 11.5 Å². The summed E-state index contributed by atoms with van der Waals surface area (Å²) in [7, 11) is 0. The minimum atomic E-state index is -0.870. The van der Waals surface area contributed by atoms with Crippen LogP contribution in [0.25, 0.3) is 0 Å². The molecule has 0 fully saturated rings. The van der Waals surface area contributed by atoms with Crippen molar-refractivity contribution in [2.24, 2.45) is 5.73 Å². The largest absolute Gasteiger partial charge is 0.454 e. The Morgan fingerprint density at radius 1 is 1.25 bits per heavy atom. The maximum atomic E-state index is 11.8. The monoisotopic (exact) mass is 278 g/mol. The number of carbonyl (C=O) groups excluding carboxylic acids is 1. The van der Waals surface area contributed by atoms with Crippen molar-refractivity contribution in [1.82, 2.24) is 5.32 Å². The summed E-state index contributed by atoms with van der Waals surface area (Å²) < 4.78 is 10.7. The van der Waals surface area contributed by atoms with Gasteiger partial charge in [0.25, 0.3) is 0 Å². The second kappa shape index (κ2) is 4.98. The lowest BCUT2D eigenvalue weighted by Gasteiger charge is -2.28. The number of fused-ring (bicyclic) bond motifs is 1. The minimum absolute atomic E-state index is 0.161. The summed E-state index contributed by atoms with van der Waals surface area (Å²) in [6.45, 7) is 8.28. The topological polar surface area (TPSA) is 73.6 Å². The molecule has 1 aromatic carbocycles. The molecule has 20 heavy (non-hydrogen) atoms. The van der Waals surface area contributed by atoms with Gasteiger partial charge in [0.2, 0.25) is 12.7 Å². The van der Waals surface area contributed by atoms with E-state index >= 15 is 0 Å². The molecule has 0 radical (unpaired) electrons. The van der Waals surface area contributed by atoms with Crippen molar-refractivity contribution in [3.63, 3.8) is 0 Å². The molecule has 0 aliphatic carbocycles. The lowest BCUT2D eigenvalue weighted by Crippen LogP contribution is -2.51. The van der Waals surface area contributed by atoms with E-state index in [-0.39, 0.29) is 18.1 Å². The van der Waals surface area contributed by atoms with Crippen molar-refractivity contribution >= 4 is 5.91 Å². The van der Waals surface area contributed by atoms with Gasteiger partial charge in [-0.3, -0.25) is 4.79 Å². The van der Waals surface area contributed by atoms with E-state index in [0.29, 0.717) is 6.54 Å². The normalized spacial score (nSPS) is 14.2. The molecule has 0 spiro atoms. The van der Waals surface area contributed by atoms with Gasteiger partial charge in [0.1, 0.15) is 0 Å². The third-order valence-corrected chi connectivity index (χ3v) is 3.43. The standard InChI is InChI=1S/C15H22N2O3/c1-14(2,8-17-13(18)15(3,4)16)10-5-6-11-12(7-10)20-9-19-11/h5-7H,8-9,16H2,1-4H3,(H,17,18). The Morgan fingerprint density at radius 2 is 1.90 bits per heavy atom. The number of amides is 1. The smallest absolute Gasteiger partial charge is 0.239 e. The number of carbonyl (C=O) groups is 1. The molecule has 0 atom stereocenters. The second-order valence-corrected chi connectivity index (χ2v) is 6.36. The average Bonchev–Trinajstić information content (AvgIpc) is 2.81. The van der Waals surface area contributed by atoms with Gasteiger partial charge in [-0.2, -0.15) is 0 Å². The maximum Gasteiger partial charge on any atom is 0.239 e. The number of rotatable bonds is 4. The van der Waals surface area contributed by atoms with Gasteiger partial charge in [-0.15, -0.1) is 0 Å². The van der Waals surface area contributed by atoms with E-state index < -0.39 is 5.54 Å². The van der Waals surface area contributed by atoms with E-state index in [0.717, 1.165) is 17.1 Å². The molecule has 0 bridgehead atoms. The van der Waals surface area contributed by atoms with Gasteiger partial charge >= 0.3 is 0 Å². The van der Waals surface area contributed by atoms with Crippen LogP contribution in [0.4, 0.5) is 0 Å². The highest BCUT2D eigenvalue weighted by Gasteiger charge is 2.27. The van der Waals surface area contributed by atoms with Crippen molar-refractivity contribution in [1.29, 1.82) is 0 Å². The predicted molar refractivity (Wildman–Crippen MR) is 76.9 cm³/mol. The third kappa shape index (κ3) is 3.04. The zero-order chi connectivity index (χ0) is 15.0. The van der Waals surface area contributed by atoms with Crippen LogP contribution in [-0.4, -0.2) is 24.8 Å². The Labute approximate surface area is 119 Å². The quantitative estimate of drug-likeness (QED) is 0.876. The molecule has 1 aliphatic heterocycles. The lowest BCUT2D eigenvalue weighted by atomic mass is 9.84. The molecule has 0 unspecified atom stereocenters. The minimum Gasteiger partial charge on any atom is -0.454 e. The van der Waals surface area contributed by atoms with E-state index in [4.69, 9.17) is 15.2 Å². The van der Waals surface area contributed by atoms with Crippen LogP contribution in [0.3, 0.4) is 0 Å². The zero-order valence-electron chi connectivity index (χ0n) is 12.4. The Balaban J connectivity index is 2.08. The molecule has 3 N–H and O–H groups in total. The summed E-state index contributed by atoms with van der Waals surface area (Å²) in [6.07, 6.45) is 0. The van der Waals surface area contributed by atoms with E-state index in [1.54, 1.807) is 13.8 Å². The van der Waals surface area contributed by atoms with Gasteiger partial charge in [0.15, 0.2) is 11.5 Å². The van der Waals surface area contributed by atoms with Crippen molar-refractivity contribution < 1.29 is 14.3 Å². The number of ether oxygens (including phenoxy) is 2. The molecule has 2 rings (SSSR count). The van der Waals surface area contributed by atoms with Crippen molar-refractivity contribution in [3.8, 4) is 11.5 Å². The Hall–Kier alpha value is -1.75. The van der Waals surface area contributed by atoms with E-state index in [2.05, 4.69) is 19.2 Å². The van der Waals surface area contributed by atoms with Crippen LogP contribution in [0.2, 0.25) is 0 Å². The second-order valence-electron chi connectivity index (χ2n) is 6.36. The average molecular weight is 278 g/mol. The molecule has 1 aromatic rings. The van der Waals surface area contributed by atoms with Crippen molar-refractivity contribution in [2.45, 2.75) is 38.6 Å². The fourth-order valence-corrected chi connectivity index (χ4v) is 1.95. The summed E-state index contributed by atoms with van der Waals surface area (Å²) in [5, 5.41) is 2.89. The highest BCUT2D eigenvalue weighted by atomic mass is 16.7. The molecule has 0 saturated carbocycles. The molecule has 1 heterocycles. The van der Waals surface area contributed by atoms with Gasteiger partial charge in [-0.25, -0.2) is 0 Å². The first-order chi connectivity index (χ1) is 9.20. The van der Waals surface area contributed by atoms with Gasteiger partial charge in [-0.05, 0) is 31.5 Å². The molecular formula is C15H22N2O3. The lowest BCUT2D eigenvalue weighted by molar-refractivity contribution is -0.125. The molecular weight excluding hydrogens is 256 g/mol.